The molecule has 11 heavy (non-hydrogen) atoms. The van der Waals surface area contributed by atoms with Crippen LogP contribution < -0.4 is 0 Å². The maximum atomic E-state index is 11.1. The third-order valence-corrected chi connectivity index (χ3v) is 2.66. The summed E-state index contributed by atoms with van der Waals surface area (Å²) in [4.78, 5) is 3.52. The number of rotatable bonds is 3. The van der Waals surface area contributed by atoms with Crippen molar-refractivity contribution in [1.82, 2.24) is 15.2 Å². The van der Waals surface area contributed by atoms with Gasteiger partial charge in [0.15, 0.2) is 0 Å². The molecule has 1 heterocycles. The van der Waals surface area contributed by atoms with Crippen LogP contribution in [0.1, 0.15) is 6.42 Å². The lowest BCUT2D eigenvalue weighted by Gasteiger charge is -1.93. The van der Waals surface area contributed by atoms with Crippen LogP contribution in [0.4, 0.5) is 0 Å². The molecule has 1 aromatic rings. The van der Waals surface area contributed by atoms with Crippen molar-refractivity contribution >= 4 is 9.84 Å². The number of aromatic nitrogens is 3. The highest BCUT2D eigenvalue weighted by Gasteiger charge is 2.16. The van der Waals surface area contributed by atoms with Crippen LogP contribution in [0.5, 0.6) is 0 Å². The number of aromatic amines is 1. The lowest BCUT2D eigenvalue weighted by atomic mass is 10.6. The standard InChI is InChI=1S/C5H8N3O2S/c1-2-3-11(9,10)5-6-4-7-8-5/h4H,1-3H2,(H,6,7,8). The molecule has 0 saturated carbocycles. The van der Waals surface area contributed by atoms with E-state index in [1.165, 1.54) is 6.33 Å². The second-order valence-corrected chi connectivity index (χ2v) is 3.96. The molecule has 0 atom stereocenters. The van der Waals surface area contributed by atoms with Gasteiger partial charge in [-0.2, -0.15) is 0 Å². The van der Waals surface area contributed by atoms with Gasteiger partial charge >= 0.3 is 0 Å². The fourth-order valence-electron chi connectivity index (χ4n) is 0.628. The third-order valence-electron chi connectivity index (χ3n) is 1.08. The van der Waals surface area contributed by atoms with Crippen molar-refractivity contribution in [3.63, 3.8) is 0 Å². The summed E-state index contributed by atoms with van der Waals surface area (Å²) in [5.41, 5.74) is 0. The van der Waals surface area contributed by atoms with E-state index in [4.69, 9.17) is 0 Å². The van der Waals surface area contributed by atoms with Crippen LogP contribution >= 0.6 is 0 Å². The Morgan fingerprint density at radius 1 is 1.64 bits per heavy atom. The second-order valence-electron chi connectivity index (χ2n) is 1.95. The van der Waals surface area contributed by atoms with Crippen molar-refractivity contribution in [1.29, 1.82) is 0 Å². The number of nitrogens with zero attached hydrogens (tertiary/aromatic N) is 2. The molecule has 0 aliphatic rings. The Labute approximate surface area is 64.8 Å². The first-order chi connectivity index (χ1) is 5.17. The topological polar surface area (TPSA) is 75.7 Å². The molecule has 61 valence electrons. The summed E-state index contributed by atoms with van der Waals surface area (Å²) in [6.45, 7) is 3.44. The van der Waals surface area contributed by atoms with Crippen LogP contribution in [0, 0.1) is 6.92 Å². The van der Waals surface area contributed by atoms with E-state index in [0.717, 1.165) is 0 Å². The summed E-state index contributed by atoms with van der Waals surface area (Å²) in [7, 11) is -3.28. The van der Waals surface area contributed by atoms with Gasteiger partial charge in [0.05, 0.1) is 5.75 Å². The van der Waals surface area contributed by atoms with Crippen LogP contribution in [-0.4, -0.2) is 29.4 Å². The molecule has 1 N–H and O–H groups in total. The normalized spacial score (nSPS) is 11.7. The van der Waals surface area contributed by atoms with Crippen LogP contribution in [0.25, 0.3) is 0 Å². The molecule has 0 aliphatic heterocycles. The van der Waals surface area contributed by atoms with Crippen molar-refractivity contribution in [2.24, 2.45) is 0 Å². The first kappa shape index (κ1) is 8.19. The van der Waals surface area contributed by atoms with Crippen LogP contribution in [0.15, 0.2) is 11.5 Å². The molecular weight excluding hydrogens is 166 g/mol. The Kier molecular flexibility index (Phi) is 2.23. The molecule has 6 heteroatoms. The van der Waals surface area contributed by atoms with Gasteiger partial charge < -0.3 is 0 Å². The maximum Gasteiger partial charge on any atom is 0.266 e. The molecule has 1 radical (unpaired) electrons. The van der Waals surface area contributed by atoms with Crippen molar-refractivity contribution in [3.8, 4) is 0 Å². The van der Waals surface area contributed by atoms with Crippen LogP contribution in [0.3, 0.4) is 0 Å². The highest BCUT2D eigenvalue weighted by atomic mass is 32.2. The molecule has 0 aliphatic carbocycles. The molecule has 0 bridgehead atoms. The van der Waals surface area contributed by atoms with Gasteiger partial charge in [-0.3, -0.25) is 5.10 Å². The molecule has 1 rings (SSSR count). The van der Waals surface area contributed by atoms with E-state index in [-0.39, 0.29) is 10.9 Å². The smallest absolute Gasteiger partial charge is 0.265 e. The van der Waals surface area contributed by atoms with E-state index in [1.54, 1.807) is 0 Å². The Balaban J connectivity index is 2.92. The fraction of sp³-hybridized carbons (Fsp3) is 0.400. The first-order valence-electron chi connectivity index (χ1n) is 3.04. The Morgan fingerprint density at radius 2 is 2.36 bits per heavy atom. The lowest BCUT2D eigenvalue weighted by molar-refractivity contribution is 0.587. The van der Waals surface area contributed by atoms with Gasteiger partial charge in [0, 0.05) is 0 Å². The SMILES string of the molecule is [CH2]CCS(=O)(=O)c1nc[nH]n1. The molecule has 0 saturated heterocycles. The summed E-state index contributed by atoms with van der Waals surface area (Å²) >= 11 is 0. The predicted octanol–water partition coefficient (Wildman–Crippen LogP) is -0.197. The molecule has 0 aromatic carbocycles. The van der Waals surface area contributed by atoms with Gasteiger partial charge in [-0.25, -0.2) is 13.4 Å². The summed E-state index contributed by atoms with van der Waals surface area (Å²) < 4.78 is 22.2. The van der Waals surface area contributed by atoms with Gasteiger partial charge in [0.2, 0.25) is 9.84 Å². The van der Waals surface area contributed by atoms with E-state index in [1.807, 2.05) is 0 Å². The van der Waals surface area contributed by atoms with Crippen molar-refractivity contribution < 1.29 is 8.42 Å². The molecule has 0 fully saturated rings. The molecular formula is C5H8N3O2S. The molecule has 1 aromatic heterocycles. The minimum atomic E-state index is -3.28. The predicted molar refractivity (Wildman–Crippen MR) is 38.4 cm³/mol. The third kappa shape index (κ3) is 1.76. The number of sulfone groups is 1. The fourth-order valence-corrected chi connectivity index (χ4v) is 1.60. The van der Waals surface area contributed by atoms with E-state index >= 15 is 0 Å². The highest BCUT2D eigenvalue weighted by Crippen LogP contribution is 2.02. The van der Waals surface area contributed by atoms with Gasteiger partial charge in [-0.15, -0.1) is 5.10 Å². The van der Waals surface area contributed by atoms with Crippen molar-refractivity contribution in [2.45, 2.75) is 11.6 Å². The zero-order valence-corrected chi connectivity index (χ0v) is 6.63. The lowest BCUT2D eigenvalue weighted by Crippen LogP contribution is -2.07. The minimum absolute atomic E-state index is 0.00907. The van der Waals surface area contributed by atoms with E-state index in [9.17, 15) is 8.42 Å². The zero-order chi connectivity index (χ0) is 8.32. The number of hydrogen-bond donors (Lipinski definition) is 1. The van der Waals surface area contributed by atoms with Gasteiger partial charge in [-0.05, 0) is 6.42 Å². The number of nitrogens with one attached hydrogen (secondary N) is 1. The summed E-state index contributed by atoms with van der Waals surface area (Å²) in [6.07, 6.45) is 1.56. The van der Waals surface area contributed by atoms with E-state index in [0.29, 0.717) is 6.42 Å². The van der Waals surface area contributed by atoms with Gasteiger partial charge in [0.25, 0.3) is 5.16 Å². The Hall–Kier alpha value is -0.910. The Bertz CT molecular complexity index is 302. The number of H-pyrrole nitrogens is 1. The van der Waals surface area contributed by atoms with Gasteiger partial charge in [-0.1, -0.05) is 6.92 Å². The van der Waals surface area contributed by atoms with E-state index in [2.05, 4.69) is 22.1 Å². The summed E-state index contributed by atoms with van der Waals surface area (Å²) in [6, 6.07) is 0. The van der Waals surface area contributed by atoms with Crippen molar-refractivity contribution in [2.75, 3.05) is 5.75 Å². The van der Waals surface area contributed by atoms with Gasteiger partial charge in [0.1, 0.15) is 6.33 Å². The van der Waals surface area contributed by atoms with E-state index < -0.39 is 9.84 Å². The first-order valence-corrected chi connectivity index (χ1v) is 4.70. The molecule has 0 amide bonds. The molecule has 0 spiro atoms. The number of hydrogen-bond acceptors (Lipinski definition) is 4. The summed E-state index contributed by atoms with van der Waals surface area (Å²) in [5.74, 6) is -0.00907. The summed E-state index contributed by atoms with van der Waals surface area (Å²) in [5, 5.41) is 5.64. The molecule has 5 nitrogen and oxygen atoms in total. The quantitative estimate of drug-likeness (QED) is 0.688. The van der Waals surface area contributed by atoms with Crippen molar-refractivity contribution in [3.05, 3.63) is 13.3 Å². The van der Waals surface area contributed by atoms with Crippen LogP contribution in [-0.2, 0) is 9.84 Å². The van der Waals surface area contributed by atoms with Crippen LogP contribution in [0.2, 0.25) is 0 Å². The maximum absolute atomic E-state index is 11.1. The highest BCUT2D eigenvalue weighted by molar-refractivity contribution is 7.91. The monoisotopic (exact) mass is 174 g/mol. The Morgan fingerprint density at radius 3 is 2.82 bits per heavy atom. The average molecular weight is 174 g/mol. The largest absolute Gasteiger partial charge is 0.266 e. The average Bonchev–Trinajstić information content (AvgIpc) is 2.37. The zero-order valence-electron chi connectivity index (χ0n) is 5.82. The second kappa shape index (κ2) is 3.00. The molecule has 0 unspecified atom stereocenters. The minimum Gasteiger partial charge on any atom is -0.265 e.